The first-order valence-corrected chi connectivity index (χ1v) is 8.32. The van der Waals surface area contributed by atoms with Gasteiger partial charge in [0.05, 0.1) is 19.3 Å². The molecule has 134 valence electrons. The molecular weight excluding hydrogens is 339 g/mol. The summed E-state index contributed by atoms with van der Waals surface area (Å²) in [5.41, 5.74) is -0.574. The van der Waals surface area contributed by atoms with Crippen molar-refractivity contribution in [2.75, 3.05) is 13.2 Å². The Labute approximate surface area is 149 Å². The van der Waals surface area contributed by atoms with Crippen molar-refractivity contribution in [2.24, 2.45) is 0 Å². The normalized spacial score (nSPS) is 22.8. The van der Waals surface area contributed by atoms with Crippen molar-refractivity contribution in [3.05, 3.63) is 65.5 Å². The third-order valence-corrected chi connectivity index (χ3v) is 4.88. The standard InChI is InChI=1S/C19H17FN2O4/c20-14-7-3-1-5-12(14)15(23)11-22-17(24)19(21-18(22)25)9-10-26-16-8-4-2-6-13(16)19/h1-8,15,23H,9-11H2,(H,21,25)/t15-,19+/m1/s1. The van der Waals surface area contributed by atoms with Crippen molar-refractivity contribution in [2.45, 2.75) is 18.1 Å². The van der Waals surface area contributed by atoms with E-state index in [1.807, 2.05) is 0 Å². The van der Waals surface area contributed by atoms with Crippen LogP contribution in [0, 0.1) is 5.82 Å². The van der Waals surface area contributed by atoms with Gasteiger partial charge in [0.15, 0.2) is 5.54 Å². The molecule has 6 nitrogen and oxygen atoms in total. The first-order chi connectivity index (χ1) is 12.5. The van der Waals surface area contributed by atoms with Crippen LogP contribution in [-0.4, -0.2) is 35.1 Å². The Balaban J connectivity index is 1.64. The number of para-hydroxylation sites is 1. The molecule has 2 N–H and O–H groups in total. The predicted molar refractivity (Wildman–Crippen MR) is 89.8 cm³/mol. The summed E-state index contributed by atoms with van der Waals surface area (Å²) in [6.45, 7) is -0.0386. The Morgan fingerprint density at radius 1 is 1.19 bits per heavy atom. The summed E-state index contributed by atoms with van der Waals surface area (Å²) in [6, 6.07) is 12.2. The van der Waals surface area contributed by atoms with Gasteiger partial charge in [-0.3, -0.25) is 9.69 Å². The molecular formula is C19H17FN2O4. The molecule has 2 aromatic rings. The highest BCUT2D eigenvalue weighted by atomic mass is 19.1. The van der Waals surface area contributed by atoms with E-state index in [0.29, 0.717) is 17.7 Å². The van der Waals surface area contributed by atoms with Gasteiger partial charge >= 0.3 is 6.03 Å². The van der Waals surface area contributed by atoms with Crippen LogP contribution in [0.25, 0.3) is 0 Å². The number of carbonyl (C=O) groups excluding carboxylic acids is 2. The van der Waals surface area contributed by atoms with Crippen LogP contribution in [0.15, 0.2) is 48.5 Å². The molecule has 2 aromatic carbocycles. The monoisotopic (exact) mass is 356 g/mol. The third-order valence-electron chi connectivity index (χ3n) is 4.88. The minimum Gasteiger partial charge on any atom is -0.493 e. The van der Waals surface area contributed by atoms with E-state index in [4.69, 9.17) is 4.74 Å². The summed E-state index contributed by atoms with van der Waals surface area (Å²) >= 11 is 0. The topological polar surface area (TPSA) is 78.9 Å². The van der Waals surface area contributed by atoms with Gasteiger partial charge in [0.1, 0.15) is 11.6 Å². The second-order valence-electron chi connectivity index (χ2n) is 6.38. The Morgan fingerprint density at radius 3 is 2.73 bits per heavy atom. The molecule has 1 saturated heterocycles. The van der Waals surface area contributed by atoms with Crippen LogP contribution < -0.4 is 10.1 Å². The van der Waals surface area contributed by atoms with Gasteiger partial charge in [-0.2, -0.15) is 0 Å². The Kier molecular flexibility index (Phi) is 3.88. The lowest BCUT2D eigenvalue weighted by molar-refractivity contribution is -0.133. The average Bonchev–Trinajstić information content (AvgIpc) is 2.87. The Bertz CT molecular complexity index is 887. The van der Waals surface area contributed by atoms with Crippen LogP contribution in [0.5, 0.6) is 5.75 Å². The largest absolute Gasteiger partial charge is 0.493 e. The molecule has 0 bridgehead atoms. The maximum absolute atomic E-state index is 13.9. The zero-order valence-electron chi connectivity index (χ0n) is 13.8. The number of ether oxygens (including phenoxy) is 1. The zero-order valence-corrected chi connectivity index (χ0v) is 13.8. The number of urea groups is 1. The number of halogens is 1. The van der Waals surface area contributed by atoms with Gasteiger partial charge in [0, 0.05) is 17.5 Å². The number of β-amino-alcohol motifs (C(OH)–C–C–N with tert-alkyl or cyclic N) is 1. The van der Waals surface area contributed by atoms with Gasteiger partial charge in [0.25, 0.3) is 5.91 Å². The van der Waals surface area contributed by atoms with Gasteiger partial charge in [-0.1, -0.05) is 36.4 Å². The maximum Gasteiger partial charge on any atom is 0.325 e. The number of benzene rings is 2. The first kappa shape index (κ1) is 16.5. The number of amides is 3. The van der Waals surface area contributed by atoms with Crippen molar-refractivity contribution in [1.82, 2.24) is 10.2 Å². The van der Waals surface area contributed by atoms with Gasteiger partial charge in [0.2, 0.25) is 0 Å². The summed E-state index contributed by atoms with van der Waals surface area (Å²) in [5.74, 6) is -0.504. The molecule has 2 aliphatic heterocycles. The molecule has 2 aliphatic rings. The molecule has 0 aliphatic carbocycles. The summed E-state index contributed by atoms with van der Waals surface area (Å²) in [7, 11) is 0. The lowest BCUT2D eigenvalue weighted by atomic mass is 9.84. The summed E-state index contributed by atoms with van der Waals surface area (Å²) in [6.07, 6.45) is -1.02. The van der Waals surface area contributed by atoms with Crippen molar-refractivity contribution >= 4 is 11.9 Å². The highest BCUT2D eigenvalue weighted by Gasteiger charge is 2.55. The van der Waals surface area contributed by atoms with Crippen LogP contribution in [0.2, 0.25) is 0 Å². The van der Waals surface area contributed by atoms with Crippen LogP contribution in [0.4, 0.5) is 9.18 Å². The van der Waals surface area contributed by atoms with E-state index in [2.05, 4.69) is 5.32 Å². The summed E-state index contributed by atoms with van der Waals surface area (Å²) in [5, 5.41) is 13.1. The summed E-state index contributed by atoms with van der Waals surface area (Å²) < 4.78 is 19.4. The maximum atomic E-state index is 13.9. The van der Waals surface area contributed by atoms with E-state index >= 15 is 0 Å². The van der Waals surface area contributed by atoms with Crippen molar-refractivity contribution in [3.8, 4) is 5.75 Å². The second-order valence-corrected chi connectivity index (χ2v) is 6.38. The van der Waals surface area contributed by atoms with E-state index in [0.717, 1.165) is 4.90 Å². The fourth-order valence-corrected chi connectivity index (χ4v) is 3.55. The first-order valence-electron chi connectivity index (χ1n) is 8.32. The lowest BCUT2D eigenvalue weighted by Crippen LogP contribution is -2.47. The quantitative estimate of drug-likeness (QED) is 0.826. The van der Waals surface area contributed by atoms with Gasteiger partial charge in [-0.05, 0) is 12.1 Å². The molecule has 4 rings (SSSR count). The number of aliphatic hydroxyl groups excluding tert-OH is 1. The zero-order chi connectivity index (χ0) is 18.3. The number of fused-ring (bicyclic) bond motifs is 2. The second kappa shape index (κ2) is 6.10. The molecule has 1 spiro atoms. The number of aliphatic hydroxyl groups is 1. The van der Waals surface area contributed by atoms with Crippen molar-refractivity contribution in [3.63, 3.8) is 0 Å². The Morgan fingerprint density at radius 2 is 1.92 bits per heavy atom. The van der Waals surface area contributed by atoms with Crippen molar-refractivity contribution in [1.29, 1.82) is 0 Å². The molecule has 7 heteroatoms. The average molecular weight is 356 g/mol. The van der Waals surface area contributed by atoms with E-state index in [-0.39, 0.29) is 18.7 Å². The number of imide groups is 1. The minimum absolute atomic E-state index is 0.0430. The molecule has 26 heavy (non-hydrogen) atoms. The van der Waals surface area contributed by atoms with Crippen LogP contribution in [0.1, 0.15) is 23.7 Å². The smallest absolute Gasteiger partial charge is 0.325 e. The molecule has 0 unspecified atom stereocenters. The Hall–Kier alpha value is -2.93. The molecule has 0 saturated carbocycles. The van der Waals surface area contributed by atoms with E-state index in [1.54, 1.807) is 30.3 Å². The number of carbonyl (C=O) groups is 2. The minimum atomic E-state index is -1.31. The van der Waals surface area contributed by atoms with Gasteiger partial charge in [-0.25, -0.2) is 9.18 Å². The number of hydrogen-bond donors (Lipinski definition) is 2. The molecule has 3 amide bonds. The fraction of sp³-hybridized carbons (Fsp3) is 0.263. The van der Waals surface area contributed by atoms with Crippen LogP contribution >= 0.6 is 0 Å². The number of nitrogens with zero attached hydrogens (tertiary/aromatic N) is 1. The number of hydrogen-bond acceptors (Lipinski definition) is 4. The van der Waals surface area contributed by atoms with E-state index < -0.39 is 29.4 Å². The van der Waals surface area contributed by atoms with Crippen molar-refractivity contribution < 1.29 is 23.8 Å². The van der Waals surface area contributed by atoms with Crippen LogP contribution in [-0.2, 0) is 10.3 Å². The highest BCUT2D eigenvalue weighted by molar-refractivity contribution is 6.08. The fourth-order valence-electron chi connectivity index (χ4n) is 3.55. The number of rotatable bonds is 3. The SMILES string of the molecule is O=C1N[C@]2(CCOc3ccccc32)C(=O)N1C[C@@H](O)c1ccccc1F. The highest BCUT2D eigenvalue weighted by Crippen LogP contribution is 2.41. The van der Waals surface area contributed by atoms with E-state index in [9.17, 15) is 19.1 Å². The third kappa shape index (κ3) is 2.43. The molecule has 1 fully saturated rings. The summed E-state index contributed by atoms with van der Waals surface area (Å²) in [4.78, 5) is 26.5. The molecule has 2 atom stereocenters. The predicted octanol–water partition coefficient (Wildman–Crippen LogP) is 2.09. The van der Waals surface area contributed by atoms with Gasteiger partial charge < -0.3 is 15.2 Å². The molecule has 0 radical (unpaired) electrons. The van der Waals surface area contributed by atoms with Crippen LogP contribution in [0.3, 0.4) is 0 Å². The molecule has 2 heterocycles. The van der Waals surface area contributed by atoms with E-state index in [1.165, 1.54) is 18.2 Å². The number of nitrogens with one attached hydrogen (secondary N) is 1. The lowest BCUT2D eigenvalue weighted by Gasteiger charge is -2.33. The van der Waals surface area contributed by atoms with Gasteiger partial charge in [-0.15, -0.1) is 0 Å². The molecule has 0 aromatic heterocycles.